The fourth-order valence-corrected chi connectivity index (χ4v) is 5.69. The number of sulfonamides is 1. The number of fused-ring (bicyclic) bond motifs is 1. The SMILES string of the molecule is C[C@@H]1CCCCO[C@H](CN(C)C)[C@@H](C)CN([C@@H](C)CO)C(=O)c2cc(NS(=O)(=O)c3ccc(F)cc3)ccc2O1. The molecule has 2 N–H and O–H groups in total. The Labute approximate surface area is 237 Å². The van der Waals surface area contributed by atoms with Gasteiger partial charge in [0, 0.05) is 31.3 Å². The maximum absolute atomic E-state index is 14.1. The summed E-state index contributed by atoms with van der Waals surface area (Å²) in [6.45, 7) is 7.07. The first-order valence-corrected chi connectivity index (χ1v) is 15.2. The number of hydrogen-bond donors (Lipinski definition) is 2. The van der Waals surface area contributed by atoms with E-state index in [4.69, 9.17) is 9.47 Å². The van der Waals surface area contributed by atoms with Crippen molar-refractivity contribution in [2.24, 2.45) is 5.92 Å². The Hall–Kier alpha value is -2.73. The van der Waals surface area contributed by atoms with Gasteiger partial charge in [0.25, 0.3) is 15.9 Å². The number of ether oxygens (including phenoxy) is 2. The molecule has 0 fully saturated rings. The first kappa shape index (κ1) is 31.8. The monoisotopic (exact) mass is 579 g/mol. The lowest BCUT2D eigenvalue weighted by molar-refractivity contribution is -0.0137. The highest BCUT2D eigenvalue weighted by molar-refractivity contribution is 7.92. The fourth-order valence-electron chi connectivity index (χ4n) is 4.64. The van der Waals surface area contributed by atoms with E-state index in [2.05, 4.69) is 9.62 Å². The van der Waals surface area contributed by atoms with E-state index in [9.17, 15) is 22.7 Å². The van der Waals surface area contributed by atoms with Crippen molar-refractivity contribution in [3.8, 4) is 5.75 Å². The summed E-state index contributed by atoms with van der Waals surface area (Å²) in [5.74, 6) is -0.651. The van der Waals surface area contributed by atoms with Crippen LogP contribution in [0.4, 0.5) is 10.1 Å². The second-order valence-electron chi connectivity index (χ2n) is 10.8. The third-order valence-corrected chi connectivity index (χ3v) is 8.37. The Morgan fingerprint density at radius 2 is 1.85 bits per heavy atom. The highest BCUT2D eigenvalue weighted by atomic mass is 32.2. The van der Waals surface area contributed by atoms with Crippen molar-refractivity contribution in [3.05, 3.63) is 53.8 Å². The van der Waals surface area contributed by atoms with Crippen LogP contribution in [0, 0.1) is 11.7 Å². The minimum absolute atomic E-state index is 0.0493. The van der Waals surface area contributed by atoms with Gasteiger partial charge in [-0.15, -0.1) is 0 Å². The maximum atomic E-state index is 14.1. The quantitative estimate of drug-likeness (QED) is 0.511. The number of likely N-dealkylation sites (N-methyl/N-ethyl adjacent to an activating group) is 1. The normalized spacial score (nSPS) is 22.2. The Kier molecular flexibility index (Phi) is 11.3. The third kappa shape index (κ3) is 8.63. The number of nitrogens with one attached hydrogen (secondary N) is 1. The highest BCUT2D eigenvalue weighted by Crippen LogP contribution is 2.29. The van der Waals surface area contributed by atoms with Crippen molar-refractivity contribution >= 4 is 21.6 Å². The Bertz CT molecular complexity index is 1220. The molecule has 9 nitrogen and oxygen atoms in total. The van der Waals surface area contributed by atoms with Crippen LogP contribution in [-0.2, 0) is 14.8 Å². The Morgan fingerprint density at radius 1 is 1.15 bits per heavy atom. The molecule has 40 heavy (non-hydrogen) atoms. The van der Waals surface area contributed by atoms with Crippen LogP contribution >= 0.6 is 0 Å². The lowest BCUT2D eigenvalue weighted by Gasteiger charge is -2.35. The predicted octanol–water partition coefficient (Wildman–Crippen LogP) is 3.98. The molecule has 0 aliphatic carbocycles. The molecule has 0 radical (unpaired) electrons. The number of anilines is 1. The molecule has 1 heterocycles. The number of carbonyl (C=O) groups is 1. The smallest absolute Gasteiger partial charge is 0.261 e. The van der Waals surface area contributed by atoms with Crippen LogP contribution in [0.15, 0.2) is 47.4 Å². The molecule has 3 rings (SSSR count). The fraction of sp³-hybridized carbons (Fsp3) is 0.552. The van der Waals surface area contributed by atoms with Gasteiger partial charge in [-0.1, -0.05) is 6.92 Å². The number of carbonyl (C=O) groups excluding carboxylic acids is 1. The lowest BCUT2D eigenvalue weighted by Crippen LogP contribution is -2.47. The van der Waals surface area contributed by atoms with Crippen molar-refractivity contribution < 1.29 is 32.2 Å². The number of rotatable bonds is 7. The minimum Gasteiger partial charge on any atom is -0.490 e. The molecule has 4 atom stereocenters. The summed E-state index contributed by atoms with van der Waals surface area (Å²) in [6.07, 6.45) is 2.19. The van der Waals surface area contributed by atoms with E-state index >= 15 is 0 Å². The number of benzene rings is 2. The van der Waals surface area contributed by atoms with Gasteiger partial charge in [0.2, 0.25) is 0 Å². The molecular weight excluding hydrogens is 537 g/mol. The zero-order valence-corrected chi connectivity index (χ0v) is 24.8. The minimum atomic E-state index is -4.04. The summed E-state index contributed by atoms with van der Waals surface area (Å²) in [5, 5.41) is 10.0. The second-order valence-corrected chi connectivity index (χ2v) is 12.5. The van der Waals surface area contributed by atoms with E-state index in [0.29, 0.717) is 25.4 Å². The zero-order chi connectivity index (χ0) is 29.4. The van der Waals surface area contributed by atoms with E-state index in [1.807, 2.05) is 27.9 Å². The summed E-state index contributed by atoms with van der Waals surface area (Å²) < 4.78 is 54.2. The topological polar surface area (TPSA) is 108 Å². The molecular formula is C29H42FN3O6S. The van der Waals surface area contributed by atoms with Crippen LogP contribution in [-0.4, -0.2) is 87.9 Å². The van der Waals surface area contributed by atoms with Crippen molar-refractivity contribution in [1.29, 1.82) is 0 Å². The molecule has 0 unspecified atom stereocenters. The van der Waals surface area contributed by atoms with Gasteiger partial charge in [-0.05, 0) is 89.7 Å². The van der Waals surface area contributed by atoms with Gasteiger partial charge in [0.05, 0.1) is 35.3 Å². The Morgan fingerprint density at radius 3 is 2.50 bits per heavy atom. The number of amides is 1. The van der Waals surface area contributed by atoms with Crippen molar-refractivity contribution in [2.75, 3.05) is 45.1 Å². The largest absolute Gasteiger partial charge is 0.490 e. The second kappa shape index (κ2) is 14.2. The molecule has 0 aromatic heterocycles. The standard InChI is InChI=1S/C29H42FN3O6S/c1-20-17-33(21(2)19-34)29(35)26-16-24(31-40(36,37)25-12-9-23(30)10-13-25)11-14-27(26)39-22(3)8-6-7-15-38-28(20)18-32(4)5/h9-14,16,20-22,28,31,34H,6-8,15,17-19H2,1-5H3/t20-,21-,22+,28+/m0/s1. The van der Waals surface area contributed by atoms with Gasteiger partial charge < -0.3 is 24.4 Å². The number of halogens is 1. The van der Waals surface area contributed by atoms with Crippen molar-refractivity contribution in [3.63, 3.8) is 0 Å². The van der Waals surface area contributed by atoms with Crippen LogP contribution < -0.4 is 9.46 Å². The average molecular weight is 580 g/mol. The molecule has 0 bridgehead atoms. The van der Waals surface area contributed by atoms with Gasteiger partial charge >= 0.3 is 0 Å². The molecule has 2 aromatic rings. The van der Waals surface area contributed by atoms with Crippen molar-refractivity contribution in [2.45, 2.75) is 63.2 Å². The number of aliphatic hydroxyl groups excluding tert-OH is 1. The van der Waals surface area contributed by atoms with Gasteiger partial charge in [0.1, 0.15) is 11.6 Å². The third-order valence-electron chi connectivity index (χ3n) is 6.97. The summed E-state index contributed by atoms with van der Waals surface area (Å²) in [5.41, 5.74) is 0.341. The first-order chi connectivity index (χ1) is 18.9. The molecule has 1 aliphatic heterocycles. The molecule has 11 heteroatoms. The number of nitrogens with zero attached hydrogens (tertiary/aromatic N) is 2. The van der Waals surface area contributed by atoms with Crippen LogP contribution in [0.1, 0.15) is 50.4 Å². The first-order valence-electron chi connectivity index (χ1n) is 13.7. The maximum Gasteiger partial charge on any atom is 0.261 e. The van der Waals surface area contributed by atoms with Crippen LogP contribution in [0.3, 0.4) is 0 Å². The molecule has 0 saturated heterocycles. The zero-order valence-electron chi connectivity index (χ0n) is 24.0. The molecule has 222 valence electrons. The summed E-state index contributed by atoms with van der Waals surface area (Å²) in [6, 6.07) is 8.54. The van der Waals surface area contributed by atoms with Crippen LogP contribution in [0.5, 0.6) is 5.75 Å². The van der Waals surface area contributed by atoms with E-state index in [-0.39, 0.29) is 46.8 Å². The van der Waals surface area contributed by atoms with E-state index < -0.39 is 21.9 Å². The molecule has 1 aliphatic rings. The Balaban J connectivity index is 2.02. The molecule has 1 amide bonds. The van der Waals surface area contributed by atoms with Gasteiger partial charge in [-0.2, -0.15) is 0 Å². The summed E-state index contributed by atoms with van der Waals surface area (Å²) in [4.78, 5) is 17.6. The van der Waals surface area contributed by atoms with Crippen molar-refractivity contribution in [1.82, 2.24) is 9.80 Å². The highest BCUT2D eigenvalue weighted by Gasteiger charge is 2.30. The molecule has 2 aromatic carbocycles. The van der Waals surface area contributed by atoms with Crippen LogP contribution in [0.2, 0.25) is 0 Å². The van der Waals surface area contributed by atoms with Gasteiger partial charge in [-0.25, -0.2) is 12.8 Å². The van der Waals surface area contributed by atoms with Crippen LogP contribution in [0.25, 0.3) is 0 Å². The van der Waals surface area contributed by atoms with Gasteiger partial charge in [0.15, 0.2) is 0 Å². The molecule has 0 spiro atoms. The van der Waals surface area contributed by atoms with E-state index in [1.54, 1.807) is 17.9 Å². The summed E-state index contributed by atoms with van der Waals surface area (Å²) in [7, 11) is -0.0862. The molecule has 0 saturated carbocycles. The van der Waals surface area contributed by atoms with Gasteiger partial charge in [-0.3, -0.25) is 9.52 Å². The van der Waals surface area contributed by atoms with E-state index in [0.717, 1.165) is 31.4 Å². The number of hydrogen-bond acceptors (Lipinski definition) is 7. The average Bonchev–Trinajstić information content (AvgIpc) is 2.90. The summed E-state index contributed by atoms with van der Waals surface area (Å²) >= 11 is 0. The number of aliphatic hydroxyl groups is 1. The predicted molar refractivity (Wildman–Crippen MR) is 153 cm³/mol. The lowest BCUT2D eigenvalue weighted by atomic mass is 10.0. The van der Waals surface area contributed by atoms with E-state index in [1.165, 1.54) is 24.3 Å².